The van der Waals surface area contributed by atoms with Crippen molar-refractivity contribution in [1.29, 1.82) is 0 Å². The molecule has 0 radical (unpaired) electrons. The molecule has 2 rings (SSSR count). The average molecular weight is 266 g/mol. The molecule has 5 atom stereocenters. The van der Waals surface area contributed by atoms with E-state index >= 15 is 0 Å². The van der Waals surface area contributed by atoms with Crippen LogP contribution < -0.4 is 0 Å². The van der Waals surface area contributed by atoms with Gasteiger partial charge in [0.15, 0.2) is 5.78 Å². The molecule has 0 unspecified atom stereocenters. The molecule has 0 aromatic rings. The summed E-state index contributed by atoms with van der Waals surface area (Å²) in [6.45, 7) is 8.18. The van der Waals surface area contributed by atoms with Gasteiger partial charge in [0, 0.05) is 6.61 Å². The van der Waals surface area contributed by atoms with Crippen molar-refractivity contribution in [2.75, 3.05) is 6.61 Å². The summed E-state index contributed by atoms with van der Waals surface area (Å²) < 4.78 is 0. The highest BCUT2D eigenvalue weighted by Gasteiger charge is 2.60. The molecule has 108 valence electrons. The SMILES string of the molecule is CC1=CCC[C@@H]2[C@]1(C)C(=O)[C@H](O)[C@@H](C)[C@@]2(C)CCO. The van der Waals surface area contributed by atoms with E-state index in [0.29, 0.717) is 6.42 Å². The maximum absolute atomic E-state index is 12.6. The van der Waals surface area contributed by atoms with Crippen molar-refractivity contribution in [3.63, 3.8) is 0 Å². The van der Waals surface area contributed by atoms with E-state index in [2.05, 4.69) is 13.0 Å². The van der Waals surface area contributed by atoms with Crippen molar-refractivity contribution in [3.05, 3.63) is 11.6 Å². The van der Waals surface area contributed by atoms with E-state index in [0.717, 1.165) is 18.4 Å². The molecule has 0 saturated heterocycles. The predicted octanol–water partition coefficient (Wildman–Crippen LogP) is 2.32. The van der Waals surface area contributed by atoms with Gasteiger partial charge in [-0.05, 0) is 50.4 Å². The first-order valence-corrected chi connectivity index (χ1v) is 7.30. The first-order valence-electron chi connectivity index (χ1n) is 7.30. The molecule has 0 aromatic heterocycles. The highest BCUT2D eigenvalue weighted by molar-refractivity contribution is 5.93. The number of rotatable bonds is 2. The van der Waals surface area contributed by atoms with Gasteiger partial charge in [0.2, 0.25) is 0 Å². The number of carbonyl (C=O) groups is 1. The number of Topliss-reactive ketones (excluding diaryl/α,β-unsaturated/α-hetero) is 1. The fourth-order valence-electron chi connectivity index (χ4n) is 4.45. The van der Waals surface area contributed by atoms with E-state index in [9.17, 15) is 15.0 Å². The van der Waals surface area contributed by atoms with Crippen LogP contribution in [0.5, 0.6) is 0 Å². The van der Waals surface area contributed by atoms with Crippen LogP contribution in [0.15, 0.2) is 11.6 Å². The van der Waals surface area contributed by atoms with Crippen LogP contribution >= 0.6 is 0 Å². The number of carbonyl (C=O) groups excluding carboxylic acids is 1. The Morgan fingerprint density at radius 3 is 2.63 bits per heavy atom. The van der Waals surface area contributed by atoms with E-state index < -0.39 is 11.5 Å². The number of hydrogen-bond acceptors (Lipinski definition) is 3. The summed E-state index contributed by atoms with van der Waals surface area (Å²) in [5.74, 6) is 0.0769. The number of hydrogen-bond donors (Lipinski definition) is 2. The van der Waals surface area contributed by atoms with Crippen molar-refractivity contribution >= 4 is 5.78 Å². The van der Waals surface area contributed by atoms with Crippen LogP contribution in [0.4, 0.5) is 0 Å². The Morgan fingerprint density at radius 1 is 1.42 bits per heavy atom. The summed E-state index contributed by atoms with van der Waals surface area (Å²) in [4.78, 5) is 12.6. The lowest BCUT2D eigenvalue weighted by atomic mass is 9.46. The van der Waals surface area contributed by atoms with E-state index in [1.165, 1.54) is 0 Å². The number of allylic oxidation sites excluding steroid dienone is 2. The Bertz CT molecular complexity index is 414. The maximum Gasteiger partial charge on any atom is 0.171 e. The van der Waals surface area contributed by atoms with E-state index in [4.69, 9.17) is 0 Å². The molecule has 1 saturated carbocycles. The van der Waals surface area contributed by atoms with Crippen molar-refractivity contribution in [3.8, 4) is 0 Å². The van der Waals surface area contributed by atoms with E-state index in [-0.39, 0.29) is 29.6 Å². The van der Waals surface area contributed by atoms with Gasteiger partial charge in [-0.1, -0.05) is 25.5 Å². The van der Waals surface area contributed by atoms with Crippen molar-refractivity contribution in [2.45, 2.75) is 53.1 Å². The number of aliphatic hydroxyl groups excluding tert-OH is 2. The molecule has 2 aliphatic carbocycles. The van der Waals surface area contributed by atoms with Crippen LogP contribution in [0.2, 0.25) is 0 Å². The highest BCUT2D eigenvalue weighted by Crippen LogP contribution is 2.59. The molecule has 2 aliphatic rings. The summed E-state index contributed by atoms with van der Waals surface area (Å²) in [7, 11) is 0. The van der Waals surface area contributed by atoms with Gasteiger partial charge >= 0.3 is 0 Å². The molecule has 3 nitrogen and oxygen atoms in total. The summed E-state index contributed by atoms with van der Waals surface area (Å²) in [6.07, 6.45) is 3.82. The minimum atomic E-state index is -0.917. The first-order chi connectivity index (χ1) is 8.80. The lowest BCUT2D eigenvalue weighted by Gasteiger charge is -2.58. The standard InChI is InChI=1S/C16H26O3/c1-10-6-5-7-12-15(3,8-9-17)11(2)13(18)14(19)16(10,12)4/h6,11-13,17-18H,5,7-9H2,1-4H3/t11-,12+,13-,15-,16-/m1/s1. The topological polar surface area (TPSA) is 57.5 Å². The average Bonchev–Trinajstić information content (AvgIpc) is 2.38. The van der Waals surface area contributed by atoms with Gasteiger partial charge in [0.05, 0.1) is 5.41 Å². The fraction of sp³-hybridized carbons (Fsp3) is 0.812. The minimum absolute atomic E-state index is 0.0335. The second-order valence-corrected chi connectivity index (χ2v) is 6.80. The quantitative estimate of drug-likeness (QED) is 0.754. The molecule has 0 bridgehead atoms. The zero-order valence-electron chi connectivity index (χ0n) is 12.4. The molecule has 3 heteroatoms. The molecule has 0 aromatic carbocycles. The van der Waals surface area contributed by atoms with Gasteiger partial charge < -0.3 is 10.2 Å². The minimum Gasteiger partial charge on any atom is -0.396 e. The van der Waals surface area contributed by atoms with Gasteiger partial charge in [0.1, 0.15) is 6.10 Å². The normalized spacial score (nSPS) is 46.7. The van der Waals surface area contributed by atoms with Gasteiger partial charge in [-0.2, -0.15) is 0 Å². The van der Waals surface area contributed by atoms with Crippen molar-refractivity contribution in [1.82, 2.24) is 0 Å². The summed E-state index contributed by atoms with van der Waals surface area (Å²) in [5.41, 5.74) is 0.337. The third kappa shape index (κ3) is 1.82. The molecule has 0 heterocycles. The van der Waals surface area contributed by atoms with Gasteiger partial charge in [0.25, 0.3) is 0 Å². The number of ketones is 1. The molecule has 0 aliphatic heterocycles. The predicted molar refractivity (Wildman–Crippen MR) is 74.6 cm³/mol. The lowest BCUT2D eigenvalue weighted by Crippen LogP contribution is -2.61. The first kappa shape index (κ1) is 14.7. The zero-order chi connectivity index (χ0) is 14.4. The fourth-order valence-corrected chi connectivity index (χ4v) is 4.45. The van der Waals surface area contributed by atoms with Gasteiger partial charge in [-0.15, -0.1) is 0 Å². The monoisotopic (exact) mass is 266 g/mol. The molecular formula is C16H26O3. The van der Waals surface area contributed by atoms with Crippen LogP contribution in [0.1, 0.15) is 47.0 Å². The maximum atomic E-state index is 12.6. The zero-order valence-corrected chi connectivity index (χ0v) is 12.4. The summed E-state index contributed by atoms with van der Waals surface area (Å²) >= 11 is 0. The Labute approximate surface area is 115 Å². The van der Waals surface area contributed by atoms with Gasteiger partial charge in [-0.3, -0.25) is 4.79 Å². The third-order valence-corrected chi connectivity index (χ3v) is 6.16. The van der Waals surface area contributed by atoms with Crippen LogP contribution in [0.3, 0.4) is 0 Å². The van der Waals surface area contributed by atoms with Crippen molar-refractivity contribution in [2.24, 2.45) is 22.7 Å². The lowest BCUT2D eigenvalue weighted by molar-refractivity contribution is -0.165. The highest BCUT2D eigenvalue weighted by atomic mass is 16.3. The summed E-state index contributed by atoms with van der Waals surface area (Å²) in [5, 5.41) is 19.8. The van der Waals surface area contributed by atoms with E-state index in [1.807, 2.05) is 20.8 Å². The molecule has 2 N–H and O–H groups in total. The molecule has 0 amide bonds. The molecule has 1 fully saturated rings. The number of fused-ring (bicyclic) bond motifs is 1. The van der Waals surface area contributed by atoms with Gasteiger partial charge in [-0.25, -0.2) is 0 Å². The Morgan fingerprint density at radius 2 is 2.05 bits per heavy atom. The van der Waals surface area contributed by atoms with Crippen molar-refractivity contribution < 1.29 is 15.0 Å². The number of aliphatic hydroxyl groups is 2. The smallest absolute Gasteiger partial charge is 0.171 e. The van der Waals surface area contributed by atoms with E-state index in [1.54, 1.807) is 0 Å². The Kier molecular flexibility index (Phi) is 3.65. The third-order valence-electron chi connectivity index (χ3n) is 6.16. The largest absolute Gasteiger partial charge is 0.396 e. The van der Waals surface area contributed by atoms with Crippen LogP contribution in [0, 0.1) is 22.7 Å². The van der Waals surface area contributed by atoms with Crippen LogP contribution in [-0.2, 0) is 4.79 Å². The second-order valence-electron chi connectivity index (χ2n) is 6.80. The Hall–Kier alpha value is -0.670. The van der Waals surface area contributed by atoms with Crippen LogP contribution in [0.25, 0.3) is 0 Å². The Balaban J connectivity index is 2.54. The molecule has 19 heavy (non-hydrogen) atoms. The molecular weight excluding hydrogens is 240 g/mol. The molecule has 0 spiro atoms. The summed E-state index contributed by atoms with van der Waals surface area (Å²) in [6, 6.07) is 0. The van der Waals surface area contributed by atoms with Crippen LogP contribution in [-0.4, -0.2) is 28.7 Å². The second kappa shape index (κ2) is 4.71.